The second-order valence-corrected chi connectivity index (χ2v) is 3.20. The highest BCUT2D eigenvalue weighted by Crippen LogP contribution is 1.98. The fourth-order valence-corrected chi connectivity index (χ4v) is 0.975. The number of carboxylic acid groups (broad SMARTS) is 1. The van der Waals surface area contributed by atoms with E-state index in [-0.39, 0.29) is 6.42 Å². The maximum absolute atomic E-state index is 10.2. The Labute approximate surface area is 90.9 Å². The molecular weight excluding hydrogens is 190 g/mol. The number of aliphatic carboxylic acids is 1. The average molecular weight is 209 g/mol. The number of hydrogen-bond acceptors (Lipinski definition) is 2. The Balaban J connectivity index is 0.000000336. The van der Waals surface area contributed by atoms with Crippen molar-refractivity contribution in [1.29, 1.82) is 0 Å². The van der Waals surface area contributed by atoms with Crippen molar-refractivity contribution in [2.24, 2.45) is 5.73 Å². The summed E-state index contributed by atoms with van der Waals surface area (Å²) < 4.78 is 0. The number of nitrogens with two attached hydrogens (primary N) is 1. The molecule has 0 aliphatic heterocycles. The lowest BCUT2D eigenvalue weighted by Gasteiger charge is -1.92. The Morgan fingerprint density at radius 1 is 1.33 bits per heavy atom. The van der Waals surface area contributed by atoms with Crippen molar-refractivity contribution >= 4 is 5.97 Å². The average Bonchev–Trinajstić information content (AvgIpc) is 2.20. The Hall–Kier alpha value is -1.35. The van der Waals surface area contributed by atoms with Crippen LogP contribution in [0.15, 0.2) is 30.3 Å². The van der Waals surface area contributed by atoms with Crippen LogP contribution in [-0.4, -0.2) is 17.6 Å². The molecule has 0 aliphatic rings. The molecule has 0 radical (unpaired) electrons. The van der Waals surface area contributed by atoms with Crippen molar-refractivity contribution in [2.45, 2.75) is 26.2 Å². The quantitative estimate of drug-likeness (QED) is 0.797. The molecule has 0 heterocycles. The summed E-state index contributed by atoms with van der Waals surface area (Å²) in [5, 5.41) is 8.37. The van der Waals surface area contributed by atoms with Gasteiger partial charge in [0.15, 0.2) is 0 Å². The summed E-state index contributed by atoms with van der Waals surface area (Å²) in [7, 11) is 0. The summed E-state index contributed by atoms with van der Waals surface area (Å²) in [6.45, 7) is 2.98. The minimum absolute atomic E-state index is 0.112. The van der Waals surface area contributed by atoms with Gasteiger partial charge in [0, 0.05) is 0 Å². The van der Waals surface area contributed by atoms with Crippen molar-refractivity contribution in [3.8, 4) is 0 Å². The van der Waals surface area contributed by atoms with Crippen LogP contribution in [0.3, 0.4) is 0 Å². The molecule has 0 aromatic heterocycles. The number of carbonyl (C=O) groups is 1. The van der Waals surface area contributed by atoms with Crippen LogP contribution in [0, 0.1) is 0 Å². The van der Waals surface area contributed by atoms with Gasteiger partial charge in [0.2, 0.25) is 0 Å². The molecule has 0 saturated heterocycles. The number of rotatable bonds is 4. The van der Waals surface area contributed by atoms with E-state index in [0.29, 0.717) is 0 Å². The lowest BCUT2D eigenvalue weighted by Crippen LogP contribution is -1.98. The summed E-state index contributed by atoms with van der Waals surface area (Å²) in [6, 6.07) is 9.13. The van der Waals surface area contributed by atoms with Crippen LogP contribution in [0.5, 0.6) is 0 Å². The van der Waals surface area contributed by atoms with Gasteiger partial charge in [0.05, 0.1) is 6.42 Å². The van der Waals surface area contributed by atoms with E-state index in [1.165, 1.54) is 12.8 Å². The molecule has 3 heteroatoms. The van der Waals surface area contributed by atoms with E-state index in [4.69, 9.17) is 10.8 Å². The van der Waals surface area contributed by atoms with Gasteiger partial charge in [-0.25, -0.2) is 0 Å². The van der Waals surface area contributed by atoms with Crippen molar-refractivity contribution in [1.82, 2.24) is 0 Å². The normalized spacial score (nSPS) is 8.93. The summed E-state index contributed by atoms with van der Waals surface area (Å²) in [4.78, 5) is 10.2. The van der Waals surface area contributed by atoms with Gasteiger partial charge in [-0.05, 0) is 18.5 Å². The van der Waals surface area contributed by atoms with Crippen LogP contribution in [-0.2, 0) is 11.2 Å². The zero-order valence-corrected chi connectivity index (χ0v) is 9.15. The lowest BCUT2D eigenvalue weighted by atomic mass is 10.2. The highest BCUT2D eigenvalue weighted by molar-refractivity contribution is 5.70. The maximum atomic E-state index is 10.2. The summed E-state index contributed by atoms with van der Waals surface area (Å²) >= 11 is 0. The molecule has 0 saturated carbocycles. The fourth-order valence-electron chi connectivity index (χ4n) is 0.975. The van der Waals surface area contributed by atoms with Crippen molar-refractivity contribution < 1.29 is 9.90 Å². The molecule has 3 N–H and O–H groups in total. The predicted octanol–water partition coefficient (Wildman–Crippen LogP) is 2.06. The Bertz CT molecular complexity index is 258. The summed E-state index contributed by atoms with van der Waals surface area (Å²) in [5.74, 6) is -0.786. The van der Waals surface area contributed by atoms with Crippen LogP contribution >= 0.6 is 0 Å². The number of benzene rings is 1. The van der Waals surface area contributed by atoms with Gasteiger partial charge in [0.25, 0.3) is 0 Å². The van der Waals surface area contributed by atoms with Crippen molar-refractivity contribution in [3.05, 3.63) is 35.9 Å². The van der Waals surface area contributed by atoms with E-state index in [1.807, 2.05) is 18.2 Å². The van der Waals surface area contributed by atoms with Crippen LogP contribution < -0.4 is 5.73 Å². The zero-order valence-electron chi connectivity index (χ0n) is 9.15. The predicted molar refractivity (Wildman–Crippen MR) is 61.7 cm³/mol. The highest BCUT2D eigenvalue weighted by Gasteiger charge is 1.96. The third-order valence-electron chi connectivity index (χ3n) is 1.76. The molecular formula is C12H19NO2. The minimum Gasteiger partial charge on any atom is -0.481 e. The first kappa shape index (κ1) is 13.7. The van der Waals surface area contributed by atoms with E-state index < -0.39 is 5.97 Å². The number of unbranched alkanes of at least 4 members (excludes halogenated alkanes) is 1. The van der Waals surface area contributed by atoms with E-state index in [9.17, 15) is 4.79 Å². The molecule has 0 unspecified atom stereocenters. The van der Waals surface area contributed by atoms with E-state index in [0.717, 1.165) is 12.1 Å². The SMILES string of the molecule is CCCCN.O=C(O)Cc1ccccc1. The molecule has 0 atom stereocenters. The first-order valence-corrected chi connectivity index (χ1v) is 5.16. The molecule has 1 aromatic rings. The topological polar surface area (TPSA) is 63.3 Å². The van der Waals surface area contributed by atoms with Gasteiger partial charge in [-0.2, -0.15) is 0 Å². The fraction of sp³-hybridized carbons (Fsp3) is 0.417. The molecule has 1 rings (SSSR count). The van der Waals surface area contributed by atoms with Crippen LogP contribution in [0.2, 0.25) is 0 Å². The molecule has 0 fully saturated rings. The monoisotopic (exact) mass is 209 g/mol. The Morgan fingerprint density at radius 3 is 2.27 bits per heavy atom. The molecule has 0 aliphatic carbocycles. The van der Waals surface area contributed by atoms with Gasteiger partial charge in [-0.1, -0.05) is 43.7 Å². The van der Waals surface area contributed by atoms with E-state index in [1.54, 1.807) is 12.1 Å². The van der Waals surface area contributed by atoms with E-state index in [2.05, 4.69) is 6.92 Å². The first-order chi connectivity index (χ1) is 7.20. The van der Waals surface area contributed by atoms with Gasteiger partial charge in [-0.15, -0.1) is 0 Å². The standard InChI is InChI=1S/C8H8O2.C4H11N/c9-8(10)6-7-4-2-1-3-5-7;1-2-3-4-5/h1-5H,6H2,(H,9,10);2-5H2,1H3. The molecule has 0 amide bonds. The van der Waals surface area contributed by atoms with Crippen molar-refractivity contribution in [2.75, 3.05) is 6.54 Å². The van der Waals surface area contributed by atoms with Gasteiger partial charge in [0.1, 0.15) is 0 Å². The summed E-state index contributed by atoms with van der Waals surface area (Å²) in [6.07, 6.45) is 2.50. The first-order valence-electron chi connectivity index (χ1n) is 5.16. The largest absolute Gasteiger partial charge is 0.481 e. The maximum Gasteiger partial charge on any atom is 0.307 e. The second-order valence-electron chi connectivity index (χ2n) is 3.20. The van der Waals surface area contributed by atoms with Crippen LogP contribution in [0.25, 0.3) is 0 Å². The van der Waals surface area contributed by atoms with Gasteiger partial charge in [-0.3, -0.25) is 4.79 Å². The molecule has 1 aromatic carbocycles. The van der Waals surface area contributed by atoms with Gasteiger partial charge < -0.3 is 10.8 Å². The third kappa shape index (κ3) is 8.97. The minimum atomic E-state index is -0.786. The van der Waals surface area contributed by atoms with Crippen molar-refractivity contribution in [3.63, 3.8) is 0 Å². The number of hydrogen-bond donors (Lipinski definition) is 2. The molecule has 0 bridgehead atoms. The van der Waals surface area contributed by atoms with Gasteiger partial charge >= 0.3 is 5.97 Å². The highest BCUT2D eigenvalue weighted by atomic mass is 16.4. The molecule has 15 heavy (non-hydrogen) atoms. The third-order valence-corrected chi connectivity index (χ3v) is 1.76. The number of carboxylic acids is 1. The summed E-state index contributed by atoms with van der Waals surface area (Å²) in [5.41, 5.74) is 5.98. The zero-order chi connectivity index (χ0) is 11.5. The van der Waals surface area contributed by atoms with Crippen LogP contribution in [0.1, 0.15) is 25.3 Å². The smallest absolute Gasteiger partial charge is 0.307 e. The second kappa shape index (κ2) is 9.21. The molecule has 0 spiro atoms. The lowest BCUT2D eigenvalue weighted by molar-refractivity contribution is -0.136. The van der Waals surface area contributed by atoms with E-state index >= 15 is 0 Å². The Kier molecular flexibility index (Phi) is 8.39. The van der Waals surface area contributed by atoms with Crippen LogP contribution in [0.4, 0.5) is 0 Å². The molecule has 84 valence electrons. The Morgan fingerprint density at radius 2 is 1.93 bits per heavy atom. The molecule has 3 nitrogen and oxygen atoms in total.